The zero-order chi connectivity index (χ0) is 16.1. The van der Waals surface area contributed by atoms with Gasteiger partial charge in [-0.1, -0.05) is 57.8 Å². The highest BCUT2D eigenvalue weighted by Crippen LogP contribution is 2.28. The molecule has 3 nitrogen and oxygen atoms in total. The van der Waals surface area contributed by atoms with Gasteiger partial charge >= 0.3 is 0 Å². The topological polar surface area (TPSA) is 41.6 Å². The van der Waals surface area contributed by atoms with Gasteiger partial charge in [-0.05, 0) is 37.8 Å². The van der Waals surface area contributed by atoms with Crippen LogP contribution in [0.3, 0.4) is 0 Å². The number of fused-ring (bicyclic) bond motifs is 1. The van der Waals surface area contributed by atoms with Crippen molar-refractivity contribution in [3.63, 3.8) is 0 Å². The van der Waals surface area contributed by atoms with E-state index in [0.717, 1.165) is 35.0 Å². The fraction of sp³-hybridized carbons (Fsp3) is 0.700. The second kappa shape index (κ2) is 7.94. The number of H-pyrrole nitrogens is 1. The first-order valence-corrected chi connectivity index (χ1v) is 9.55. The molecule has 0 atom stereocenters. The van der Waals surface area contributed by atoms with Gasteiger partial charge in [0.05, 0.1) is 5.52 Å². The van der Waals surface area contributed by atoms with Crippen molar-refractivity contribution < 1.29 is 0 Å². The number of unbranched alkanes of at least 4 members (excludes halogenated alkanes) is 3. The van der Waals surface area contributed by atoms with Crippen LogP contribution in [0.5, 0.6) is 0 Å². The lowest BCUT2D eigenvalue weighted by Crippen LogP contribution is -2.05. The Bertz CT molecular complexity index is 584. The van der Waals surface area contributed by atoms with Crippen molar-refractivity contribution in [2.24, 2.45) is 5.92 Å². The summed E-state index contributed by atoms with van der Waals surface area (Å²) in [5.41, 5.74) is 4.27. The van der Waals surface area contributed by atoms with Crippen molar-refractivity contribution >= 4 is 11.2 Å². The molecule has 2 aromatic rings. The standard InChI is InChI=1S/C20H31N3/c1-15-14-18-20(21-16(15)2)23-19(22-18)13-9-4-3-6-10-17-11-7-5-8-12-17/h14,17H,3-13H2,1-2H3,(H,21,22,23). The molecule has 2 aromatic heterocycles. The van der Waals surface area contributed by atoms with E-state index in [1.165, 1.54) is 69.8 Å². The fourth-order valence-corrected chi connectivity index (χ4v) is 3.85. The van der Waals surface area contributed by atoms with Gasteiger partial charge in [-0.3, -0.25) is 0 Å². The third kappa shape index (κ3) is 4.55. The maximum absolute atomic E-state index is 4.64. The molecule has 0 aliphatic heterocycles. The van der Waals surface area contributed by atoms with Gasteiger partial charge in [0.15, 0.2) is 5.65 Å². The van der Waals surface area contributed by atoms with Crippen LogP contribution in [0, 0.1) is 19.8 Å². The molecule has 0 unspecified atom stereocenters. The maximum atomic E-state index is 4.64. The molecule has 2 heterocycles. The molecule has 126 valence electrons. The van der Waals surface area contributed by atoms with Crippen LogP contribution in [0.15, 0.2) is 6.07 Å². The zero-order valence-corrected chi connectivity index (χ0v) is 14.8. The molecule has 1 aliphatic rings. The number of aromatic amines is 1. The van der Waals surface area contributed by atoms with E-state index in [-0.39, 0.29) is 0 Å². The van der Waals surface area contributed by atoms with Gasteiger partial charge in [0.25, 0.3) is 0 Å². The van der Waals surface area contributed by atoms with Crippen LogP contribution in [0.2, 0.25) is 0 Å². The number of aryl methyl sites for hydroxylation is 3. The lowest BCUT2D eigenvalue weighted by molar-refractivity contribution is 0.328. The third-order valence-electron chi connectivity index (χ3n) is 5.47. The molecular weight excluding hydrogens is 282 g/mol. The molecule has 3 rings (SSSR count). The number of rotatable bonds is 7. The van der Waals surface area contributed by atoms with Gasteiger partial charge in [0, 0.05) is 12.1 Å². The summed E-state index contributed by atoms with van der Waals surface area (Å²) in [6.45, 7) is 4.16. The van der Waals surface area contributed by atoms with Crippen molar-refractivity contribution in [1.82, 2.24) is 15.0 Å². The smallest absolute Gasteiger partial charge is 0.177 e. The van der Waals surface area contributed by atoms with Gasteiger partial charge in [-0.2, -0.15) is 0 Å². The second-order valence-corrected chi connectivity index (χ2v) is 7.40. The van der Waals surface area contributed by atoms with E-state index in [0.29, 0.717) is 0 Å². The Labute approximate surface area is 140 Å². The van der Waals surface area contributed by atoms with Crippen molar-refractivity contribution in [3.8, 4) is 0 Å². The predicted octanol–water partition coefficient (Wildman–Crippen LogP) is 5.65. The second-order valence-electron chi connectivity index (χ2n) is 7.40. The highest BCUT2D eigenvalue weighted by molar-refractivity contribution is 5.71. The summed E-state index contributed by atoms with van der Waals surface area (Å²) in [6.07, 6.45) is 15.3. The highest BCUT2D eigenvalue weighted by atomic mass is 15.0. The molecule has 1 fully saturated rings. The summed E-state index contributed by atoms with van der Waals surface area (Å²) >= 11 is 0. The Kier molecular flexibility index (Phi) is 5.69. The number of nitrogens with zero attached hydrogens (tertiary/aromatic N) is 2. The van der Waals surface area contributed by atoms with Crippen molar-refractivity contribution in [3.05, 3.63) is 23.1 Å². The summed E-state index contributed by atoms with van der Waals surface area (Å²) in [4.78, 5) is 12.6. The molecule has 1 N–H and O–H groups in total. The van der Waals surface area contributed by atoms with E-state index < -0.39 is 0 Å². The Balaban J connectivity index is 1.37. The molecule has 1 saturated carbocycles. The minimum atomic E-state index is 0.875. The lowest BCUT2D eigenvalue weighted by atomic mass is 9.85. The first-order valence-electron chi connectivity index (χ1n) is 9.55. The minimum Gasteiger partial charge on any atom is -0.341 e. The number of nitrogens with one attached hydrogen (secondary N) is 1. The van der Waals surface area contributed by atoms with E-state index >= 15 is 0 Å². The normalized spacial score (nSPS) is 16.3. The van der Waals surface area contributed by atoms with Crippen LogP contribution >= 0.6 is 0 Å². The minimum absolute atomic E-state index is 0.875. The number of pyridine rings is 1. The van der Waals surface area contributed by atoms with Crippen LogP contribution in [0.25, 0.3) is 11.2 Å². The maximum Gasteiger partial charge on any atom is 0.177 e. The quantitative estimate of drug-likeness (QED) is 0.671. The van der Waals surface area contributed by atoms with E-state index in [2.05, 4.69) is 34.9 Å². The number of aromatic nitrogens is 3. The van der Waals surface area contributed by atoms with Crippen LogP contribution in [0.4, 0.5) is 0 Å². The van der Waals surface area contributed by atoms with Crippen LogP contribution < -0.4 is 0 Å². The first-order chi connectivity index (χ1) is 11.2. The molecule has 0 amide bonds. The van der Waals surface area contributed by atoms with Crippen LogP contribution in [-0.2, 0) is 6.42 Å². The van der Waals surface area contributed by atoms with E-state index in [4.69, 9.17) is 0 Å². The summed E-state index contributed by atoms with van der Waals surface area (Å²) in [5, 5.41) is 0. The van der Waals surface area contributed by atoms with Crippen LogP contribution in [-0.4, -0.2) is 15.0 Å². The van der Waals surface area contributed by atoms with Gasteiger partial charge in [-0.25, -0.2) is 9.97 Å². The predicted molar refractivity (Wildman–Crippen MR) is 96.7 cm³/mol. The molecule has 0 spiro atoms. The van der Waals surface area contributed by atoms with E-state index in [9.17, 15) is 0 Å². The van der Waals surface area contributed by atoms with Crippen molar-refractivity contribution in [1.29, 1.82) is 0 Å². The zero-order valence-electron chi connectivity index (χ0n) is 14.8. The number of hydrogen-bond donors (Lipinski definition) is 1. The van der Waals surface area contributed by atoms with Gasteiger partial charge in [0.2, 0.25) is 0 Å². The molecule has 0 aromatic carbocycles. The van der Waals surface area contributed by atoms with E-state index in [1.54, 1.807) is 0 Å². The molecule has 0 radical (unpaired) electrons. The fourth-order valence-electron chi connectivity index (χ4n) is 3.85. The van der Waals surface area contributed by atoms with E-state index in [1.807, 2.05) is 0 Å². The highest BCUT2D eigenvalue weighted by Gasteiger charge is 2.12. The number of hydrogen-bond acceptors (Lipinski definition) is 2. The van der Waals surface area contributed by atoms with Gasteiger partial charge in [0.1, 0.15) is 5.82 Å². The summed E-state index contributed by atoms with van der Waals surface area (Å²) in [6, 6.07) is 2.17. The summed E-state index contributed by atoms with van der Waals surface area (Å²) in [7, 11) is 0. The Morgan fingerprint density at radius 2 is 1.78 bits per heavy atom. The molecule has 23 heavy (non-hydrogen) atoms. The molecule has 3 heteroatoms. The van der Waals surface area contributed by atoms with Crippen LogP contribution in [0.1, 0.15) is 81.3 Å². The number of imidazole rings is 1. The average Bonchev–Trinajstić information content (AvgIpc) is 2.94. The molecular formula is C20H31N3. The Morgan fingerprint density at radius 1 is 1.00 bits per heavy atom. The van der Waals surface area contributed by atoms with Gasteiger partial charge in [-0.15, -0.1) is 0 Å². The van der Waals surface area contributed by atoms with Crippen molar-refractivity contribution in [2.75, 3.05) is 0 Å². The SMILES string of the molecule is Cc1cc2[nH]c(CCCCCCC3CCCCC3)nc2nc1C. The monoisotopic (exact) mass is 313 g/mol. The molecule has 0 bridgehead atoms. The first kappa shape index (κ1) is 16.5. The largest absolute Gasteiger partial charge is 0.341 e. The molecule has 1 aliphatic carbocycles. The summed E-state index contributed by atoms with van der Waals surface area (Å²) < 4.78 is 0. The average molecular weight is 313 g/mol. The Hall–Kier alpha value is -1.38. The molecule has 0 saturated heterocycles. The van der Waals surface area contributed by atoms with Crippen molar-refractivity contribution in [2.45, 2.75) is 84.5 Å². The lowest BCUT2D eigenvalue weighted by Gasteiger charge is -2.21. The third-order valence-corrected chi connectivity index (χ3v) is 5.47. The summed E-state index contributed by atoms with van der Waals surface area (Å²) in [5.74, 6) is 2.14. The van der Waals surface area contributed by atoms with Gasteiger partial charge < -0.3 is 4.98 Å². The Morgan fingerprint density at radius 3 is 2.61 bits per heavy atom.